The summed E-state index contributed by atoms with van der Waals surface area (Å²) < 4.78 is 11.2. The molecule has 2 rings (SSSR count). The molecule has 1 aromatic heterocycles. The van der Waals surface area contributed by atoms with Gasteiger partial charge in [0.15, 0.2) is 0 Å². The molecule has 1 aliphatic rings. The Morgan fingerprint density at radius 1 is 1.47 bits per heavy atom. The Kier molecular flexibility index (Phi) is 3.30. The number of hydrogen-bond acceptors (Lipinski definition) is 4. The smallest absolute Gasteiger partial charge is 0.223 e. The van der Waals surface area contributed by atoms with Gasteiger partial charge < -0.3 is 5.32 Å². The molecule has 0 unspecified atom stereocenters. The summed E-state index contributed by atoms with van der Waals surface area (Å²) in [7, 11) is -0.604. The maximum absolute atomic E-state index is 11.2. The van der Waals surface area contributed by atoms with Gasteiger partial charge in [-0.05, 0) is 25.8 Å². The molecule has 0 radical (unpaired) electrons. The molecule has 1 aromatic rings. The molecular formula is C10H15N3OS. The van der Waals surface area contributed by atoms with Crippen molar-refractivity contribution in [2.24, 2.45) is 0 Å². The van der Waals surface area contributed by atoms with Crippen molar-refractivity contribution >= 4 is 16.7 Å². The predicted molar refractivity (Wildman–Crippen MR) is 61.3 cm³/mol. The molecule has 1 N–H and O–H groups in total. The highest BCUT2D eigenvalue weighted by atomic mass is 32.2. The fourth-order valence-electron chi connectivity index (χ4n) is 1.64. The summed E-state index contributed by atoms with van der Waals surface area (Å²) in [6.07, 6.45) is 3.65. The van der Waals surface area contributed by atoms with Crippen molar-refractivity contribution in [3.63, 3.8) is 0 Å². The van der Waals surface area contributed by atoms with E-state index in [4.69, 9.17) is 0 Å². The first-order valence-corrected chi connectivity index (χ1v) is 6.64. The first-order chi connectivity index (χ1) is 7.24. The van der Waals surface area contributed by atoms with Crippen LogP contribution in [0.3, 0.4) is 0 Å². The number of aryl methyl sites for hydroxylation is 1. The second-order valence-electron chi connectivity index (χ2n) is 3.79. The van der Waals surface area contributed by atoms with Gasteiger partial charge in [0, 0.05) is 40.2 Å². The third-order valence-electron chi connectivity index (χ3n) is 2.52. The number of aromatic nitrogens is 2. The van der Waals surface area contributed by atoms with Gasteiger partial charge in [0.05, 0.1) is 0 Å². The van der Waals surface area contributed by atoms with Gasteiger partial charge in [-0.1, -0.05) is 0 Å². The van der Waals surface area contributed by atoms with Crippen LogP contribution in [0.25, 0.3) is 0 Å². The van der Waals surface area contributed by atoms with E-state index >= 15 is 0 Å². The van der Waals surface area contributed by atoms with E-state index in [1.165, 1.54) is 0 Å². The summed E-state index contributed by atoms with van der Waals surface area (Å²) >= 11 is 0. The van der Waals surface area contributed by atoms with Crippen LogP contribution in [-0.2, 0) is 10.8 Å². The molecule has 82 valence electrons. The van der Waals surface area contributed by atoms with Crippen LogP contribution >= 0.6 is 0 Å². The Morgan fingerprint density at radius 2 is 2.20 bits per heavy atom. The standard InChI is InChI=1S/C10H15N3OS/c1-8-2-5-11-10(12-8)13-9-3-6-15(14)7-4-9/h2,5,9H,3-4,6-7H2,1H3,(H,11,12,13). The van der Waals surface area contributed by atoms with Crippen LogP contribution in [0.5, 0.6) is 0 Å². The fraction of sp³-hybridized carbons (Fsp3) is 0.600. The van der Waals surface area contributed by atoms with Gasteiger partial charge >= 0.3 is 0 Å². The molecule has 15 heavy (non-hydrogen) atoms. The number of nitrogens with zero attached hydrogens (tertiary/aromatic N) is 2. The van der Waals surface area contributed by atoms with Crippen LogP contribution in [0.4, 0.5) is 5.95 Å². The highest BCUT2D eigenvalue weighted by Gasteiger charge is 2.18. The summed E-state index contributed by atoms with van der Waals surface area (Å²) in [6.45, 7) is 1.95. The fourth-order valence-corrected chi connectivity index (χ4v) is 2.94. The molecule has 0 amide bonds. The summed E-state index contributed by atoms with van der Waals surface area (Å²) in [4.78, 5) is 8.44. The number of anilines is 1. The van der Waals surface area contributed by atoms with E-state index in [9.17, 15) is 4.21 Å². The molecule has 0 atom stereocenters. The van der Waals surface area contributed by atoms with Crippen LogP contribution in [-0.4, -0.2) is 31.7 Å². The van der Waals surface area contributed by atoms with Crippen LogP contribution in [0.2, 0.25) is 0 Å². The minimum absolute atomic E-state index is 0.379. The second-order valence-corrected chi connectivity index (χ2v) is 5.48. The van der Waals surface area contributed by atoms with Gasteiger partial charge in [-0.15, -0.1) is 0 Å². The summed E-state index contributed by atoms with van der Waals surface area (Å²) in [6, 6.07) is 2.26. The Labute approximate surface area is 92.0 Å². The largest absolute Gasteiger partial charge is 0.351 e. The van der Waals surface area contributed by atoms with E-state index in [1.54, 1.807) is 6.20 Å². The second kappa shape index (κ2) is 4.70. The quantitative estimate of drug-likeness (QED) is 0.819. The molecule has 1 aliphatic heterocycles. The third kappa shape index (κ3) is 2.99. The van der Waals surface area contributed by atoms with Crippen molar-refractivity contribution in [2.75, 3.05) is 16.8 Å². The van der Waals surface area contributed by atoms with Gasteiger partial charge in [-0.2, -0.15) is 0 Å². The topological polar surface area (TPSA) is 54.9 Å². The lowest BCUT2D eigenvalue weighted by Gasteiger charge is -2.22. The molecule has 4 nitrogen and oxygen atoms in total. The van der Waals surface area contributed by atoms with E-state index in [2.05, 4.69) is 15.3 Å². The first kappa shape index (κ1) is 10.5. The molecule has 2 heterocycles. The van der Waals surface area contributed by atoms with Crippen LogP contribution in [0.1, 0.15) is 18.5 Å². The highest BCUT2D eigenvalue weighted by Crippen LogP contribution is 2.13. The number of rotatable bonds is 2. The molecule has 0 aromatic carbocycles. The van der Waals surface area contributed by atoms with Crippen molar-refractivity contribution in [1.29, 1.82) is 0 Å². The van der Waals surface area contributed by atoms with Crippen molar-refractivity contribution in [3.05, 3.63) is 18.0 Å². The Balaban J connectivity index is 1.94. The Morgan fingerprint density at radius 3 is 2.87 bits per heavy atom. The molecular weight excluding hydrogens is 210 g/mol. The summed E-state index contributed by atoms with van der Waals surface area (Å²) in [5.74, 6) is 2.28. The lowest BCUT2D eigenvalue weighted by Crippen LogP contribution is -2.30. The number of hydrogen-bond donors (Lipinski definition) is 1. The van der Waals surface area contributed by atoms with E-state index in [1.807, 2.05) is 13.0 Å². The Hall–Kier alpha value is -0.970. The minimum Gasteiger partial charge on any atom is -0.351 e. The molecule has 0 bridgehead atoms. The average molecular weight is 225 g/mol. The van der Waals surface area contributed by atoms with Crippen LogP contribution in [0, 0.1) is 6.92 Å². The van der Waals surface area contributed by atoms with Crippen molar-refractivity contribution < 1.29 is 4.21 Å². The van der Waals surface area contributed by atoms with Gasteiger partial charge in [-0.3, -0.25) is 4.21 Å². The van der Waals surface area contributed by atoms with Crippen molar-refractivity contribution in [3.8, 4) is 0 Å². The summed E-state index contributed by atoms with van der Waals surface area (Å²) in [5.41, 5.74) is 0.965. The molecule has 0 saturated carbocycles. The minimum atomic E-state index is -0.604. The van der Waals surface area contributed by atoms with Gasteiger partial charge in [0.1, 0.15) is 0 Å². The lowest BCUT2D eigenvalue weighted by molar-refractivity contribution is 0.620. The third-order valence-corrected chi connectivity index (χ3v) is 3.90. The van der Waals surface area contributed by atoms with Crippen LogP contribution < -0.4 is 5.32 Å². The predicted octanol–water partition coefficient (Wildman–Crippen LogP) is 1.11. The Bertz CT molecular complexity index is 359. The highest BCUT2D eigenvalue weighted by molar-refractivity contribution is 7.85. The first-order valence-electron chi connectivity index (χ1n) is 5.15. The zero-order valence-electron chi connectivity index (χ0n) is 8.77. The van der Waals surface area contributed by atoms with E-state index in [0.717, 1.165) is 30.0 Å². The van der Waals surface area contributed by atoms with Gasteiger partial charge in [0.25, 0.3) is 0 Å². The number of nitrogens with one attached hydrogen (secondary N) is 1. The molecule has 0 spiro atoms. The monoisotopic (exact) mass is 225 g/mol. The van der Waals surface area contributed by atoms with Crippen LogP contribution in [0.15, 0.2) is 12.3 Å². The molecule has 1 saturated heterocycles. The molecule has 5 heteroatoms. The maximum atomic E-state index is 11.2. The lowest BCUT2D eigenvalue weighted by atomic mass is 10.2. The maximum Gasteiger partial charge on any atom is 0.223 e. The van der Waals surface area contributed by atoms with Gasteiger partial charge in [-0.25, -0.2) is 9.97 Å². The molecule has 1 fully saturated rings. The zero-order valence-corrected chi connectivity index (χ0v) is 9.59. The van der Waals surface area contributed by atoms with E-state index < -0.39 is 10.8 Å². The normalized spacial score (nSPS) is 26.2. The van der Waals surface area contributed by atoms with Gasteiger partial charge in [0.2, 0.25) is 5.95 Å². The van der Waals surface area contributed by atoms with Crippen molar-refractivity contribution in [1.82, 2.24) is 9.97 Å². The zero-order chi connectivity index (χ0) is 10.7. The summed E-state index contributed by atoms with van der Waals surface area (Å²) in [5, 5.41) is 3.29. The SMILES string of the molecule is Cc1ccnc(NC2CCS(=O)CC2)n1. The van der Waals surface area contributed by atoms with E-state index in [0.29, 0.717) is 12.0 Å². The van der Waals surface area contributed by atoms with E-state index in [-0.39, 0.29) is 0 Å². The molecule has 0 aliphatic carbocycles. The van der Waals surface area contributed by atoms with Crippen molar-refractivity contribution in [2.45, 2.75) is 25.8 Å². The average Bonchev–Trinajstić information content (AvgIpc) is 2.22.